The Hall–Kier alpha value is -2.37. The summed E-state index contributed by atoms with van der Waals surface area (Å²) in [6.45, 7) is 1.52. The number of aromatic nitrogens is 2. The number of imidazole rings is 1. The van der Waals surface area contributed by atoms with Crippen molar-refractivity contribution in [2.24, 2.45) is 7.05 Å². The standard InChI is InChI=1S/C18H21F2N3O5S/c1-3-16(24)12-6-14(19)18(15(20)7-12)28-10-13-8-23(4-5-27-13)29(25,26)17-9-22(2)11-21-17/h6-7,9,11,13H,3-5,8,10H2,1-2H3. The number of morpholine rings is 1. The average molecular weight is 429 g/mol. The highest BCUT2D eigenvalue weighted by molar-refractivity contribution is 7.89. The minimum absolute atomic E-state index is 0.0471. The van der Waals surface area contributed by atoms with Gasteiger partial charge in [-0.1, -0.05) is 6.92 Å². The molecule has 1 aromatic carbocycles. The van der Waals surface area contributed by atoms with Crippen molar-refractivity contribution in [1.82, 2.24) is 13.9 Å². The molecule has 8 nitrogen and oxygen atoms in total. The summed E-state index contributed by atoms with van der Waals surface area (Å²) in [5, 5.41) is -0.0881. The van der Waals surface area contributed by atoms with Crippen LogP contribution in [-0.2, 0) is 21.8 Å². The predicted molar refractivity (Wildman–Crippen MR) is 98.2 cm³/mol. The van der Waals surface area contributed by atoms with Crippen LogP contribution in [0.5, 0.6) is 5.75 Å². The van der Waals surface area contributed by atoms with Crippen LogP contribution in [0.3, 0.4) is 0 Å². The molecule has 2 aromatic rings. The first-order chi connectivity index (χ1) is 13.7. The lowest BCUT2D eigenvalue weighted by Crippen LogP contribution is -2.47. The van der Waals surface area contributed by atoms with E-state index in [1.165, 1.54) is 21.4 Å². The van der Waals surface area contributed by atoms with E-state index in [1.54, 1.807) is 14.0 Å². The molecule has 1 atom stereocenters. The van der Waals surface area contributed by atoms with E-state index in [-0.39, 0.29) is 49.1 Å². The number of halogens is 2. The van der Waals surface area contributed by atoms with Crippen molar-refractivity contribution in [2.75, 3.05) is 26.3 Å². The number of aryl methyl sites for hydroxylation is 1. The molecule has 1 fully saturated rings. The van der Waals surface area contributed by atoms with Crippen LogP contribution in [0.25, 0.3) is 0 Å². The number of ether oxygens (including phenoxy) is 2. The Kier molecular flexibility index (Phi) is 6.30. The van der Waals surface area contributed by atoms with Crippen LogP contribution in [0.1, 0.15) is 23.7 Å². The lowest BCUT2D eigenvalue weighted by atomic mass is 10.1. The van der Waals surface area contributed by atoms with E-state index < -0.39 is 33.5 Å². The number of carbonyl (C=O) groups excluding carboxylic acids is 1. The molecule has 1 aliphatic heterocycles. The number of nitrogens with zero attached hydrogens (tertiary/aromatic N) is 3. The van der Waals surface area contributed by atoms with Crippen molar-refractivity contribution in [1.29, 1.82) is 0 Å². The second-order valence-corrected chi connectivity index (χ2v) is 8.47. The number of rotatable bonds is 7. The number of sulfonamides is 1. The summed E-state index contributed by atoms with van der Waals surface area (Å²) < 4.78 is 67.1. The van der Waals surface area contributed by atoms with E-state index in [0.717, 1.165) is 12.1 Å². The predicted octanol–water partition coefficient (Wildman–Crippen LogP) is 1.76. The molecule has 158 valence electrons. The summed E-state index contributed by atoms with van der Waals surface area (Å²) in [5.74, 6) is -3.03. The van der Waals surface area contributed by atoms with Gasteiger partial charge in [-0.2, -0.15) is 4.31 Å². The van der Waals surface area contributed by atoms with Gasteiger partial charge in [0.15, 0.2) is 28.2 Å². The van der Waals surface area contributed by atoms with Crippen molar-refractivity contribution >= 4 is 15.8 Å². The molecule has 3 rings (SSSR count). The van der Waals surface area contributed by atoms with Gasteiger partial charge in [0.05, 0.1) is 12.9 Å². The monoisotopic (exact) mass is 429 g/mol. The van der Waals surface area contributed by atoms with Crippen LogP contribution in [0.2, 0.25) is 0 Å². The van der Waals surface area contributed by atoms with Gasteiger partial charge in [0.1, 0.15) is 12.7 Å². The topological polar surface area (TPSA) is 90.7 Å². The van der Waals surface area contributed by atoms with Crippen molar-refractivity contribution in [2.45, 2.75) is 24.5 Å². The van der Waals surface area contributed by atoms with E-state index >= 15 is 0 Å². The molecule has 0 amide bonds. The molecule has 2 heterocycles. The van der Waals surface area contributed by atoms with Gasteiger partial charge in [0.2, 0.25) is 0 Å². The zero-order chi connectivity index (χ0) is 21.2. The molecule has 11 heteroatoms. The minimum atomic E-state index is -3.81. The summed E-state index contributed by atoms with van der Waals surface area (Å²) in [4.78, 5) is 15.5. The van der Waals surface area contributed by atoms with Gasteiger partial charge in [-0.05, 0) is 12.1 Å². The van der Waals surface area contributed by atoms with Crippen molar-refractivity contribution in [3.63, 3.8) is 0 Å². The maximum Gasteiger partial charge on any atom is 0.262 e. The number of carbonyl (C=O) groups is 1. The van der Waals surface area contributed by atoms with Crippen LogP contribution in [0.4, 0.5) is 8.78 Å². The van der Waals surface area contributed by atoms with Crippen molar-refractivity contribution < 1.29 is 31.5 Å². The molecule has 0 bridgehead atoms. The Labute approximate surface area is 167 Å². The maximum absolute atomic E-state index is 14.2. The van der Waals surface area contributed by atoms with Crippen LogP contribution in [0, 0.1) is 11.6 Å². The molecule has 0 N–H and O–H groups in total. The minimum Gasteiger partial charge on any atom is -0.485 e. The number of Topliss-reactive ketones (excluding diaryl/α,β-unsaturated/α-hetero) is 1. The smallest absolute Gasteiger partial charge is 0.262 e. The largest absolute Gasteiger partial charge is 0.485 e. The summed E-state index contributed by atoms with van der Waals surface area (Å²) in [7, 11) is -2.15. The van der Waals surface area contributed by atoms with Gasteiger partial charge in [0, 0.05) is 38.3 Å². The lowest BCUT2D eigenvalue weighted by Gasteiger charge is -2.31. The molecular formula is C18H21F2N3O5S. The molecule has 29 heavy (non-hydrogen) atoms. The van der Waals surface area contributed by atoms with E-state index in [1.807, 2.05) is 0 Å². The molecular weight excluding hydrogens is 408 g/mol. The highest BCUT2D eigenvalue weighted by Crippen LogP contribution is 2.25. The zero-order valence-corrected chi connectivity index (χ0v) is 16.8. The summed E-state index contributed by atoms with van der Waals surface area (Å²) in [5.41, 5.74) is -0.0728. The van der Waals surface area contributed by atoms with E-state index in [4.69, 9.17) is 9.47 Å². The molecule has 1 aromatic heterocycles. The van der Waals surface area contributed by atoms with E-state index in [0.29, 0.717) is 0 Å². The first kappa shape index (κ1) is 21.3. The van der Waals surface area contributed by atoms with Gasteiger partial charge < -0.3 is 14.0 Å². The van der Waals surface area contributed by atoms with E-state index in [2.05, 4.69) is 4.98 Å². The highest BCUT2D eigenvalue weighted by Gasteiger charge is 2.33. The molecule has 0 saturated carbocycles. The first-order valence-corrected chi connectivity index (χ1v) is 10.4. The first-order valence-electron chi connectivity index (χ1n) is 8.97. The Bertz CT molecular complexity index is 986. The fourth-order valence-corrected chi connectivity index (χ4v) is 4.33. The fraction of sp³-hybridized carbons (Fsp3) is 0.444. The van der Waals surface area contributed by atoms with Gasteiger partial charge in [-0.3, -0.25) is 4.79 Å². The van der Waals surface area contributed by atoms with Crippen LogP contribution >= 0.6 is 0 Å². The van der Waals surface area contributed by atoms with Gasteiger partial charge >= 0.3 is 0 Å². The molecule has 0 spiro atoms. The Morgan fingerprint density at radius 3 is 2.62 bits per heavy atom. The molecule has 1 unspecified atom stereocenters. The number of ketones is 1. The third-order valence-corrected chi connectivity index (χ3v) is 6.19. The van der Waals surface area contributed by atoms with Gasteiger partial charge in [-0.25, -0.2) is 22.2 Å². The Balaban J connectivity index is 1.68. The SMILES string of the molecule is CCC(=O)c1cc(F)c(OCC2CN(S(=O)(=O)c3cn(C)cn3)CCO2)c(F)c1. The summed E-state index contributed by atoms with van der Waals surface area (Å²) in [6.07, 6.45) is 2.17. The molecule has 1 saturated heterocycles. The summed E-state index contributed by atoms with van der Waals surface area (Å²) >= 11 is 0. The number of hydrogen-bond donors (Lipinski definition) is 0. The molecule has 0 radical (unpaired) electrons. The normalized spacial score (nSPS) is 18.0. The second-order valence-electron chi connectivity index (χ2n) is 6.59. The maximum atomic E-state index is 14.2. The van der Waals surface area contributed by atoms with Gasteiger partial charge in [0.25, 0.3) is 10.0 Å². The second kappa shape index (κ2) is 8.56. The van der Waals surface area contributed by atoms with Crippen LogP contribution in [-0.4, -0.2) is 60.5 Å². The number of benzene rings is 1. The molecule has 0 aliphatic carbocycles. The quantitative estimate of drug-likeness (QED) is 0.623. The van der Waals surface area contributed by atoms with Crippen LogP contribution < -0.4 is 4.74 Å². The fourth-order valence-electron chi connectivity index (χ4n) is 2.90. The highest BCUT2D eigenvalue weighted by atomic mass is 32.2. The Morgan fingerprint density at radius 1 is 1.34 bits per heavy atom. The van der Waals surface area contributed by atoms with Gasteiger partial charge in [-0.15, -0.1) is 0 Å². The van der Waals surface area contributed by atoms with Crippen molar-refractivity contribution in [3.05, 3.63) is 41.9 Å². The van der Waals surface area contributed by atoms with Crippen molar-refractivity contribution in [3.8, 4) is 5.75 Å². The third-order valence-electron chi connectivity index (χ3n) is 4.44. The average Bonchev–Trinajstić information content (AvgIpc) is 3.14. The summed E-state index contributed by atoms with van der Waals surface area (Å²) in [6, 6.07) is 1.84. The Morgan fingerprint density at radius 2 is 2.03 bits per heavy atom. The zero-order valence-electron chi connectivity index (χ0n) is 16.0. The third kappa shape index (κ3) is 4.62. The van der Waals surface area contributed by atoms with E-state index in [9.17, 15) is 22.0 Å². The lowest BCUT2D eigenvalue weighted by molar-refractivity contribution is -0.0262. The molecule has 1 aliphatic rings. The van der Waals surface area contributed by atoms with Crippen LogP contribution in [0.15, 0.2) is 29.7 Å². The number of hydrogen-bond acceptors (Lipinski definition) is 6.